The summed E-state index contributed by atoms with van der Waals surface area (Å²) in [5, 5.41) is 8.85. The quantitative estimate of drug-likeness (QED) is 0.924. The van der Waals surface area contributed by atoms with Crippen LogP contribution in [0.3, 0.4) is 0 Å². The Kier molecular flexibility index (Phi) is 4.72. The molecule has 4 rings (SSSR count). The van der Waals surface area contributed by atoms with Crippen LogP contribution in [-0.2, 0) is 6.42 Å². The topological polar surface area (TPSA) is 48.1 Å². The van der Waals surface area contributed by atoms with E-state index in [-0.39, 0.29) is 0 Å². The summed E-state index contributed by atoms with van der Waals surface area (Å²) >= 11 is 6.01. The Labute approximate surface area is 148 Å². The summed E-state index contributed by atoms with van der Waals surface area (Å²) in [4.78, 5) is 8.19. The largest absolute Gasteiger partial charge is 0.341 e. The number of halogens is 1. The predicted octanol–water partition coefficient (Wildman–Crippen LogP) is 3.13. The molecule has 2 aliphatic rings. The molecule has 1 aromatic carbocycles. The predicted molar refractivity (Wildman–Crippen MR) is 96.5 cm³/mol. The zero-order valence-electron chi connectivity index (χ0n) is 13.9. The fourth-order valence-corrected chi connectivity index (χ4v) is 4.34. The molecule has 24 heavy (non-hydrogen) atoms. The van der Waals surface area contributed by atoms with E-state index in [4.69, 9.17) is 11.6 Å². The van der Waals surface area contributed by atoms with E-state index in [2.05, 4.69) is 37.1 Å². The second kappa shape index (κ2) is 7.11. The van der Waals surface area contributed by atoms with Crippen molar-refractivity contribution in [1.82, 2.24) is 20.1 Å². The Morgan fingerprint density at radius 3 is 2.58 bits per heavy atom. The van der Waals surface area contributed by atoms with Gasteiger partial charge in [-0.25, -0.2) is 0 Å². The number of benzene rings is 1. The van der Waals surface area contributed by atoms with Crippen LogP contribution in [0.1, 0.15) is 31.2 Å². The lowest BCUT2D eigenvalue weighted by Gasteiger charge is -2.39. The molecule has 1 N–H and O–H groups in total. The Hall–Kier alpha value is -1.59. The van der Waals surface area contributed by atoms with E-state index < -0.39 is 0 Å². The molecule has 0 bridgehead atoms. The van der Waals surface area contributed by atoms with Crippen LogP contribution < -0.4 is 4.90 Å². The van der Waals surface area contributed by atoms with E-state index in [1.807, 2.05) is 12.1 Å². The molecule has 2 saturated heterocycles. The highest BCUT2D eigenvalue weighted by atomic mass is 35.5. The van der Waals surface area contributed by atoms with Gasteiger partial charge in [0.25, 0.3) is 0 Å². The molecule has 0 amide bonds. The van der Waals surface area contributed by atoms with Crippen LogP contribution in [0.5, 0.6) is 0 Å². The SMILES string of the molecule is Clc1ccc(CC2CCCN2C2CCN(c3nnc[nH]3)CC2)cc1. The molecule has 0 aliphatic carbocycles. The van der Waals surface area contributed by atoms with Crippen LogP contribution in [0.25, 0.3) is 0 Å². The number of aromatic nitrogens is 3. The lowest BCUT2D eigenvalue weighted by molar-refractivity contribution is 0.153. The Morgan fingerprint density at radius 1 is 1.08 bits per heavy atom. The van der Waals surface area contributed by atoms with Gasteiger partial charge in [0.15, 0.2) is 0 Å². The number of nitrogens with one attached hydrogen (secondary N) is 1. The fourth-order valence-electron chi connectivity index (χ4n) is 4.21. The summed E-state index contributed by atoms with van der Waals surface area (Å²) in [5.41, 5.74) is 1.40. The third kappa shape index (κ3) is 3.42. The molecule has 6 heteroatoms. The third-order valence-electron chi connectivity index (χ3n) is 5.44. The van der Waals surface area contributed by atoms with Gasteiger partial charge in [-0.15, -0.1) is 10.2 Å². The van der Waals surface area contributed by atoms with Crippen molar-refractivity contribution in [2.75, 3.05) is 24.5 Å². The Bertz CT molecular complexity index is 634. The van der Waals surface area contributed by atoms with Crippen LogP contribution in [0.2, 0.25) is 5.02 Å². The van der Waals surface area contributed by atoms with Crippen molar-refractivity contribution in [3.63, 3.8) is 0 Å². The molecule has 2 aliphatic heterocycles. The van der Waals surface area contributed by atoms with Crippen molar-refractivity contribution in [2.24, 2.45) is 0 Å². The number of aromatic amines is 1. The van der Waals surface area contributed by atoms with Gasteiger partial charge in [0.05, 0.1) is 0 Å². The molecule has 0 radical (unpaired) electrons. The first-order chi connectivity index (χ1) is 11.8. The highest BCUT2D eigenvalue weighted by molar-refractivity contribution is 6.30. The number of anilines is 1. The molecule has 1 aromatic heterocycles. The van der Waals surface area contributed by atoms with E-state index in [1.54, 1.807) is 6.33 Å². The van der Waals surface area contributed by atoms with Crippen LogP contribution in [0.4, 0.5) is 5.95 Å². The van der Waals surface area contributed by atoms with Crippen molar-refractivity contribution in [1.29, 1.82) is 0 Å². The summed E-state index contributed by atoms with van der Waals surface area (Å²) in [6.07, 6.45) is 7.84. The molecule has 2 fully saturated rings. The summed E-state index contributed by atoms with van der Waals surface area (Å²) in [6.45, 7) is 3.36. The molecule has 3 heterocycles. The van der Waals surface area contributed by atoms with Crippen LogP contribution in [-0.4, -0.2) is 51.8 Å². The number of rotatable bonds is 4. The number of hydrogen-bond donors (Lipinski definition) is 1. The van der Waals surface area contributed by atoms with Gasteiger partial charge < -0.3 is 9.88 Å². The first kappa shape index (κ1) is 15.9. The van der Waals surface area contributed by atoms with Crippen LogP contribution in [0.15, 0.2) is 30.6 Å². The third-order valence-corrected chi connectivity index (χ3v) is 5.70. The number of piperidine rings is 1. The first-order valence-electron chi connectivity index (χ1n) is 8.91. The molecular formula is C18H24ClN5. The molecule has 0 spiro atoms. The molecule has 128 valence electrons. The average molecular weight is 346 g/mol. The van der Waals surface area contributed by atoms with Crippen LogP contribution in [0, 0.1) is 0 Å². The van der Waals surface area contributed by atoms with Crippen LogP contribution >= 0.6 is 11.6 Å². The standard InChI is InChI=1S/C18H24ClN5/c19-15-5-3-14(4-6-15)12-17-2-1-9-24(17)16-7-10-23(11-8-16)18-20-13-21-22-18/h3-6,13,16-17H,1-2,7-12H2,(H,20,21,22). The number of H-pyrrole nitrogens is 1. The van der Waals surface area contributed by atoms with Gasteiger partial charge in [-0.05, 0) is 56.3 Å². The second-order valence-corrected chi connectivity index (χ2v) is 7.33. The Balaban J connectivity index is 1.36. The van der Waals surface area contributed by atoms with Crippen molar-refractivity contribution >= 4 is 17.5 Å². The minimum Gasteiger partial charge on any atom is -0.341 e. The van der Waals surface area contributed by atoms with Gasteiger partial charge in [-0.3, -0.25) is 4.90 Å². The normalized spacial score (nSPS) is 23.0. The molecular weight excluding hydrogens is 322 g/mol. The van der Waals surface area contributed by atoms with Gasteiger partial charge in [0.1, 0.15) is 6.33 Å². The smallest absolute Gasteiger partial charge is 0.224 e. The van der Waals surface area contributed by atoms with E-state index >= 15 is 0 Å². The van der Waals surface area contributed by atoms with E-state index in [0.29, 0.717) is 12.1 Å². The Morgan fingerprint density at radius 2 is 1.88 bits per heavy atom. The van der Waals surface area contributed by atoms with Gasteiger partial charge in [-0.1, -0.05) is 23.7 Å². The zero-order chi connectivity index (χ0) is 16.4. The number of likely N-dealkylation sites (tertiary alicyclic amines) is 1. The number of nitrogens with zero attached hydrogens (tertiary/aromatic N) is 4. The highest BCUT2D eigenvalue weighted by Gasteiger charge is 2.33. The maximum atomic E-state index is 6.01. The minimum atomic E-state index is 0.674. The van der Waals surface area contributed by atoms with E-state index in [0.717, 1.165) is 30.5 Å². The zero-order valence-corrected chi connectivity index (χ0v) is 14.6. The van der Waals surface area contributed by atoms with E-state index in [1.165, 1.54) is 37.8 Å². The lowest BCUT2D eigenvalue weighted by Crippen LogP contribution is -2.47. The highest BCUT2D eigenvalue weighted by Crippen LogP contribution is 2.29. The molecule has 1 unspecified atom stereocenters. The monoisotopic (exact) mass is 345 g/mol. The van der Waals surface area contributed by atoms with Gasteiger partial charge >= 0.3 is 0 Å². The van der Waals surface area contributed by atoms with Gasteiger partial charge in [0, 0.05) is 30.2 Å². The average Bonchev–Trinajstić information content (AvgIpc) is 3.29. The summed E-state index contributed by atoms with van der Waals surface area (Å²) in [6, 6.07) is 9.73. The van der Waals surface area contributed by atoms with Crippen molar-refractivity contribution in [3.05, 3.63) is 41.2 Å². The van der Waals surface area contributed by atoms with Crippen molar-refractivity contribution in [2.45, 2.75) is 44.2 Å². The summed E-state index contributed by atoms with van der Waals surface area (Å²) in [7, 11) is 0. The summed E-state index contributed by atoms with van der Waals surface area (Å²) < 4.78 is 0. The molecule has 5 nitrogen and oxygen atoms in total. The number of hydrogen-bond acceptors (Lipinski definition) is 4. The fraction of sp³-hybridized carbons (Fsp3) is 0.556. The minimum absolute atomic E-state index is 0.674. The van der Waals surface area contributed by atoms with Gasteiger partial charge in [0.2, 0.25) is 5.95 Å². The molecule has 0 saturated carbocycles. The first-order valence-corrected chi connectivity index (χ1v) is 9.28. The molecule has 1 atom stereocenters. The lowest BCUT2D eigenvalue weighted by atomic mass is 9.99. The van der Waals surface area contributed by atoms with E-state index in [9.17, 15) is 0 Å². The van der Waals surface area contributed by atoms with Crippen molar-refractivity contribution in [3.8, 4) is 0 Å². The van der Waals surface area contributed by atoms with Crippen molar-refractivity contribution < 1.29 is 0 Å². The second-order valence-electron chi connectivity index (χ2n) is 6.90. The molecule has 2 aromatic rings. The summed E-state index contributed by atoms with van der Waals surface area (Å²) in [5.74, 6) is 0.910. The maximum absolute atomic E-state index is 6.01. The van der Waals surface area contributed by atoms with Gasteiger partial charge in [-0.2, -0.15) is 0 Å². The maximum Gasteiger partial charge on any atom is 0.224 e.